The maximum Gasteiger partial charge on any atom is 0.0573 e. The molecule has 2 rings (SSSR count). The maximum absolute atomic E-state index is 9.58. The molecule has 1 aromatic rings. The number of rotatable bonds is 3. The van der Waals surface area contributed by atoms with Gasteiger partial charge < -0.3 is 16.2 Å². The van der Waals surface area contributed by atoms with Gasteiger partial charge in [-0.15, -0.1) is 0 Å². The lowest BCUT2D eigenvalue weighted by atomic mass is 9.87. The van der Waals surface area contributed by atoms with E-state index in [-0.39, 0.29) is 6.10 Å². The molecule has 3 nitrogen and oxygen atoms in total. The van der Waals surface area contributed by atoms with E-state index in [1.165, 1.54) is 6.42 Å². The summed E-state index contributed by atoms with van der Waals surface area (Å²) in [6.45, 7) is 0.908. The van der Waals surface area contributed by atoms with Crippen LogP contribution in [0.25, 0.3) is 0 Å². The summed E-state index contributed by atoms with van der Waals surface area (Å²) in [4.78, 5) is 0. The van der Waals surface area contributed by atoms with E-state index in [2.05, 4.69) is 5.32 Å². The highest BCUT2D eigenvalue weighted by molar-refractivity contribution is 5.65. The molecule has 0 saturated heterocycles. The number of nitrogens with two attached hydrogens (primary N) is 1. The van der Waals surface area contributed by atoms with Crippen LogP contribution in [-0.4, -0.2) is 17.8 Å². The number of benzene rings is 1. The summed E-state index contributed by atoms with van der Waals surface area (Å²) in [5.74, 6) is 0.573. The van der Waals surface area contributed by atoms with Crippen LogP contribution in [-0.2, 0) is 0 Å². The van der Waals surface area contributed by atoms with E-state index < -0.39 is 0 Å². The highest BCUT2D eigenvalue weighted by Crippen LogP contribution is 2.25. The second-order valence-corrected chi connectivity index (χ2v) is 4.65. The summed E-state index contributed by atoms with van der Waals surface area (Å²) >= 11 is 0. The number of aliphatic hydroxyl groups excluding tert-OH is 1. The van der Waals surface area contributed by atoms with E-state index in [1.54, 1.807) is 0 Å². The Balaban J connectivity index is 1.85. The van der Waals surface area contributed by atoms with Crippen molar-refractivity contribution in [2.24, 2.45) is 5.92 Å². The van der Waals surface area contributed by atoms with E-state index >= 15 is 0 Å². The first kappa shape index (κ1) is 11.3. The van der Waals surface area contributed by atoms with Gasteiger partial charge in [0.1, 0.15) is 0 Å². The Labute approximate surface area is 96.7 Å². The first-order chi connectivity index (χ1) is 7.75. The van der Waals surface area contributed by atoms with E-state index in [1.807, 2.05) is 24.3 Å². The summed E-state index contributed by atoms with van der Waals surface area (Å²) in [5.41, 5.74) is 7.64. The number of nitrogen functional groups attached to an aromatic ring is 1. The van der Waals surface area contributed by atoms with Crippen LogP contribution in [0.3, 0.4) is 0 Å². The fourth-order valence-electron chi connectivity index (χ4n) is 2.36. The predicted octanol–water partition coefficient (Wildman–Crippen LogP) is 2.23. The smallest absolute Gasteiger partial charge is 0.0573 e. The van der Waals surface area contributed by atoms with E-state index in [0.717, 1.165) is 37.2 Å². The Bertz CT molecular complexity index is 340. The van der Waals surface area contributed by atoms with Crippen molar-refractivity contribution in [2.45, 2.75) is 31.8 Å². The van der Waals surface area contributed by atoms with Crippen LogP contribution >= 0.6 is 0 Å². The van der Waals surface area contributed by atoms with E-state index in [9.17, 15) is 5.11 Å². The average Bonchev–Trinajstić information content (AvgIpc) is 2.28. The molecular weight excluding hydrogens is 200 g/mol. The quantitative estimate of drug-likeness (QED) is 0.685. The van der Waals surface area contributed by atoms with E-state index in [4.69, 9.17) is 5.73 Å². The molecule has 1 aliphatic rings. The molecule has 3 heteroatoms. The van der Waals surface area contributed by atoms with Gasteiger partial charge in [-0.1, -0.05) is 18.6 Å². The molecule has 1 aliphatic carbocycles. The lowest BCUT2D eigenvalue weighted by Crippen LogP contribution is -2.25. The second-order valence-electron chi connectivity index (χ2n) is 4.65. The van der Waals surface area contributed by atoms with Crippen molar-refractivity contribution in [1.29, 1.82) is 0 Å². The second kappa shape index (κ2) is 5.21. The van der Waals surface area contributed by atoms with Gasteiger partial charge in [-0.2, -0.15) is 0 Å². The van der Waals surface area contributed by atoms with Crippen molar-refractivity contribution >= 4 is 11.4 Å². The highest BCUT2D eigenvalue weighted by atomic mass is 16.3. The molecule has 0 aromatic heterocycles. The molecule has 1 aromatic carbocycles. The monoisotopic (exact) mass is 220 g/mol. The minimum absolute atomic E-state index is 0.103. The molecule has 1 fully saturated rings. The number of aliphatic hydroxyl groups is 1. The lowest BCUT2D eigenvalue weighted by molar-refractivity contribution is 0.105. The Hall–Kier alpha value is -1.22. The van der Waals surface area contributed by atoms with Crippen molar-refractivity contribution in [3.05, 3.63) is 24.3 Å². The molecule has 0 heterocycles. The molecule has 0 bridgehead atoms. The Morgan fingerprint density at radius 2 is 2.12 bits per heavy atom. The number of para-hydroxylation sites is 2. The van der Waals surface area contributed by atoms with Crippen molar-refractivity contribution in [3.8, 4) is 0 Å². The molecule has 2 unspecified atom stereocenters. The molecule has 0 spiro atoms. The fourth-order valence-corrected chi connectivity index (χ4v) is 2.36. The van der Waals surface area contributed by atoms with Gasteiger partial charge >= 0.3 is 0 Å². The number of anilines is 2. The minimum atomic E-state index is -0.103. The molecule has 0 radical (unpaired) electrons. The first-order valence-corrected chi connectivity index (χ1v) is 6.02. The summed E-state index contributed by atoms with van der Waals surface area (Å²) in [7, 11) is 0. The lowest BCUT2D eigenvalue weighted by Gasteiger charge is -2.26. The van der Waals surface area contributed by atoms with Crippen LogP contribution in [0.15, 0.2) is 24.3 Å². The zero-order valence-corrected chi connectivity index (χ0v) is 9.52. The van der Waals surface area contributed by atoms with Gasteiger partial charge in [0, 0.05) is 6.54 Å². The summed E-state index contributed by atoms with van der Waals surface area (Å²) in [6.07, 6.45) is 4.12. The molecule has 4 N–H and O–H groups in total. The molecule has 88 valence electrons. The number of nitrogens with one attached hydrogen (secondary N) is 1. The normalized spacial score (nSPS) is 25.3. The van der Waals surface area contributed by atoms with Gasteiger partial charge in [0.05, 0.1) is 17.5 Å². The third-order valence-electron chi connectivity index (χ3n) is 3.30. The fraction of sp³-hybridized carbons (Fsp3) is 0.538. The number of hydrogen-bond acceptors (Lipinski definition) is 3. The SMILES string of the molecule is Nc1ccccc1NCC1CCCC(O)C1. The highest BCUT2D eigenvalue weighted by Gasteiger charge is 2.19. The summed E-state index contributed by atoms with van der Waals surface area (Å²) in [6, 6.07) is 7.81. The zero-order chi connectivity index (χ0) is 11.4. The topological polar surface area (TPSA) is 58.3 Å². The molecule has 0 amide bonds. The van der Waals surface area contributed by atoms with Crippen LogP contribution in [0.2, 0.25) is 0 Å². The average molecular weight is 220 g/mol. The number of hydrogen-bond donors (Lipinski definition) is 3. The van der Waals surface area contributed by atoms with E-state index in [0.29, 0.717) is 5.92 Å². The molecule has 1 saturated carbocycles. The molecule has 2 atom stereocenters. The van der Waals surface area contributed by atoms with Gasteiger partial charge in [-0.05, 0) is 37.3 Å². The van der Waals surface area contributed by atoms with Gasteiger partial charge in [-0.25, -0.2) is 0 Å². The van der Waals surface area contributed by atoms with Gasteiger partial charge in [0.2, 0.25) is 0 Å². The van der Waals surface area contributed by atoms with Gasteiger partial charge in [-0.3, -0.25) is 0 Å². The van der Waals surface area contributed by atoms with Crippen molar-refractivity contribution in [1.82, 2.24) is 0 Å². The Morgan fingerprint density at radius 3 is 2.88 bits per heavy atom. The largest absolute Gasteiger partial charge is 0.397 e. The van der Waals surface area contributed by atoms with Crippen LogP contribution in [0.5, 0.6) is 0 Å². The van der Waals surface area contributed by atoms with Crippen molar-refractivity contribution in [2.75, 3.05) is 17.6 Å². The van der Waals surface area contributed by atoms with Crippen LogP contribution in [0.1, 0.15) is 25.7 Å². The van der Waals surface area contributed by atoms with Crippen LogP contribution in [0.4, 0.5) is 11.4 Å². The summed E-state index contributed by atoms with van der Waals surface area (Å²) in [5, 5.41) is 12.9. The van der Waals surface area contributed by atoms with Gasteiger partial charge in [0.15, 0.2) is 0 Å². The Morgan fingerprint density at radius 1 is 1.31 bits per heavy atom. The van der Waals surface area contributed by atoms with Gasteiger partial charge in [0.25, 0.3) is 0 Å². The van der Waals surface area contributed by atoms with Crippen molar-refractivity contribution in [3.63, 3.8) is 0 Å². The third-order valence-corrected chi connectivity index (χ3v) is 3.30. The summed E-state index contributed by atoms with van der Waals surface area (Å²) < 4.78 is 0. The third kappa shape index (κ3) is 2.89. The van der Waals surface area contributed by atoms with Crippen molar-refractivity contribution < 1.29 is 5.11 Å². The zero-order valence-electron chi connectivity index (χ0n) is 9.52. The Kier molecular flexibility index (Phi) is 3.67. The standard InChI is InChI=1S/C13H20N2O/c14-12-6-1-2-7-13(12)15-9-10-4-3-5-11(16)8-10/h1-2,6-7,10-11,15-16H,3-5,8-9,14H2. The maximum atomic E-state index is 9.58. The first-order valence-electron chi connectivity index (χ1n) is 6.02. The molecular formula is C13H20N2O. The van der Waals surface area contributed by atoms with Crippen LogP contribution in [0, 0.1) is 5.92 Å². The molecule has 0 aliphatic heterocycles. The predicted molar refractivity (Wildman–Crippen MR) is 67.3 cm³/mol. The van der Waals surface area contributed by atoms with Crippen LogP contribution < -0.4 is 11.1 Å². The minimum Gasteiger partial charge on any atom is -0.397 e. The molecule has 16 heavy (non-hydrogen) atoms.